The maximum absolute atomic E-state index is 12.2. The third kappa shape index (κ3) is 6.68. The first kappa shape index (κ1) is 21.5. The number of ether oxygens (including phenoxy) is 1. The van der Waals surface area contributed by atoms with Crippen molar-refractivity contribution >= 4 is 23.4 Å². The number of rotatable bonds is 7. The van der Waals surface area contributed by atoms with Gasteiger partial charge >= 0.3 is 12.4 Å². The molecule has 3 rings (SSSR count). The van der Waals surface area contributed by atoms with Crippen LogP contribution in [0.4, 0.5) is 35.3 Å². The number of nitrogens with one attached hydrogen (secondary N) is 3. The van der Waals surface area contributed by atoms with Gasteiger partial charge in [-0.2, -0.15) is 0 Å². The van der Waals surface area contributed by atoms with Gasteiger partial charge in [-0.05, 0) is 44.0 Å². The monoisotopic (exact) mass is 424 g/mol. The largest absolute Gasteiger partial charge is 0.573 e. The summed E-state index contributed by atoms with van der Waals surface area (Å²) in [7, 11) is 0. The van der Waals surface area contributed by atoms with Crippen LogP contribution in [0.25, 0.3) is 0 Å². The summed E-state index contributed by atoms with van der Waals surface area (Å²) in [5, 5.41) is 8.35. The molecule has 0 unspecified atom stereocenters. The number of carbonyl (C=O) groups is 1. The molecule has 0 saturated carbocycles. The molecule has 30 heavy (non-hydrogen) atoms. The second-order valence-electron chi connectivity index (χ2n) is 6.73. The summed E-state index contributed by atoms with van der Waals surface area (Å²) in [6, 6.07) is 6.31. The average molecular weight is 424 g/mol. The lowest BCUT2D eigenvalue weighted by molar-refractivity contribution is -0.274. The highest BCUT2D eigenvalue weighted by atomic mass is 19.4. The van der Waals surface area contributed by atoms with Crippen molar-refractivity contribution in [3.8, 4) is 5.75 Å². The van der Waals surface area contributed by atoms with Gasteiger partial charge in [0.15, 0.2) is 0 Å². The average Bonchev–Trinajstić information content (AvgIpc) is 3.20. The fourth-order valence-corrected chi connectivity index (χ4v) is 3.03. The number of carbonyl (C=O) groups excluding carboxylic acids is 1. The SMILES string of the molecule is Cc1nc(NCCNC(=O)Nc2ccc(OC(F)(F)F)cc2)cc(N2CCCC2)n1. The summed E-state index contributed by atoms with van der Waals surface area (Å²) >= 11 is 0. The summed E-state index contributed by atoms with van der Waals surface area (Å²) in [4.78, 5) is 23.0. The number of benzene rings is 1. The standard InChI is InChI=1S/C19H23F3N6O2/c1-13-25-16(12-17(26-13)28-10-2-3-11-28)23-8-9-24-18(29)27-14-4-6-15(7-5-14)30-19(20,21)22/h4-7,12H,2-3,8-11H2,1H3,(H,23,25,26)(H2,24,27,29). The summed E-state index contributed by atoms with van der Waals surface area (Å²) in [5.41, 5.74) is 0.344. The molecule has 1 aliphatic rings. The highest BCUT2D eigenvalue weighted by Crippen LogP contribution is 2.24. The fourth-order valence-electron chi connectivity index (χ4n) is 3.03. The molecule has 2 aromatic rings. The highest BCUT2D eigenvalue weighted by Gasteiger charge is 2.30. The van der Waals surface area contributed by atoms with E-state index < -0.39 is 12.4 Å². The van der Waals surface area contributed by atoms with E-state index in [1.807, 2.05) is 13.0 Å². The van der Waals surface area contributed by atoms with Gasteiger partial charge in [0.25, 0.3) is 0 Å². The van der Waals surface area contributed by atoms with Gasteiger partial charge in [0.1, 0.15) is 23.2 Å². The van der Waals surface area contributed by atoms with Crippen molar-refractivity contribution in [3.63, 3.8) is 0 Å². The number of amides is 2. The van der Waals surface area contributed by atoms with E-state index in [1.165, 1.54) is 12.1 Å². The Morgan fingerprint density at radius 1 is 1.13 bits per heavy atom. The molecule has 1 aromatic heterocycles. The van der Waals surface area contributed by atoms with E-state index in [9.17, 15) is 18.0 Å². The first-order valence-corrected chi connectivity index (χ1v) is 9.54. The summed E-state index contributed by atoms with van der Waals surface area (Å²) in [5.74, 6) is 1.90. The minimum absolute atomic E-state index is 0.323. The number of hydrogen-bond acceptors (Lipinski definition) is 6. The van der Waals surface area contributed by atoms with Crippen molar-refractivity contribution < 1.29 is 22.7 Å². The van der Waals surface area contributed by atoms with Gasteiger partial charge in [-0.1, -0.05) is 0 Å². The molecule has 1 aromatic carbocycles. The molecule has 1 fully saturated rings. The first-order chi connectivity index (χ1) is 14.3. The number of nitrogens with zero attached hydrogens (tertiary/aromatic N) is 3. The van der Waals surface area contributed by atoms with Gasteiger partial charge in [0, 0.05) is 37.9 Å². The van der Waals surface area contributed by atoms with Crippen LogP contribution < -0.4 is 25.6 Å². The second-order valence-corrected chi connectivity index (χ2v) is 6.73. The van der Waals surface area contributed by atoms with Crippen LogP contribution in [-0.4, -0.2) is 48.5 Å². The van der Waals surface area contributed by atoms with Crippen molar-refractivity contribution in [1.29, 1.82) is 0 Å². The molecule has 0 aliphatic carbocycles. The van der Waals surface area contributed by atoms with Gasteiger partial charge in [-0.25, -0.2) is 14.8 Å². The van der Waals surface area contributed by atoms with E-state index in [4.69, 9.17) is 0 Å². The van der Waals surface area contributed by atoms with Crippen LogP contribution in [-0.2, 0) is 0 Å². The van der Waals surface area contributed by atoms with Crippen molar-refractivity contribution in [2.24, 2.45) is 0 Å². The van der Waals surface area contributed by atoms with Crippen molar-refractivity contribution in [3.05, 3.63) is 36.2 Å². The summed E-state index contributed by atoms with van der Waals surface area (Å²) in [6.07, 6.45) is -2.44. The molecule has 2 heterocycles. The van der Waals surface area contributed by atoms with E-state index in [1.54, 1.807) is 0 Å². The number of aromatic nitrogens is 2. The summed E-state index contributed by atoms with van der Waals surface area (Å²) in [6.45, 7) is 4.58. The molecule has 11 heteroatoms. The Bertz CT molecular complexity index is 854. The molecular formula is C19H23F3N6O2. The maximum atomic E-state index is 12.2. The normalized spacial score (nSPS) is 13.8. The van der Waals surface area contributed by atoms with Crippen LogP contribution >= 0.6 is 0 Å². The van der Waals surface area contributed by atoms with Gasteiger partial charge in [0.05, 0.1) is 0 Å². The molecule has 162 valence electrons. The molecule has 0 bridgehead atoms. The molecule has 1 saturated heterocycles. The van der Waals surface area contributed by atoms with Gasteiger partial charge < -0.3 is 25.6 Å². The predicted octanol–water partition coefficient (Wildman–Crippen LogP) is 3.52. The Kier molecular flexibility index (Phi) is 6.80. The molecule has 0 radical (unpaired) electrons. The van der Waals surface area contributed by atoms with E-state index in [2.05, 4.69) is 35.6 Å². The molecule has 3 N–H and O–H groups in total. The Morgan fingerprint density at radius 3 is 2.50 bits per heavy atom. The van der Waals surface area contributed by atoms with Crippen molar-refractivity contribution in [2.45, 2.75) is 26.1 Å². The number of urea groups is 1. The zero-order chi connectivity index (χ0) is 21.6. The minimum Gasteiger partial charge on any atom is -0.406 e. The zero-order valence-corrected chi connectivity index (χ0v) is 16.4. The second kappa shape index (κ2) is 9.51. The Labute approximate surface area is 171 Å². The number of aryl methyl sites for hydroxylation is 1. The fraction of sp³-hybridized carbons (Fsp3) is 0.421. The molecule has 8 nitrogen and oxygen atoms in total. The van der Waals surface area contributed by atoms with E-state index >= 15 is 0 Å². The number of hydrogen-bond donors (Lipinski definition) is 3. The zero-order valence-electron chi connectivity index (χ0n) is 16.4. The lowest BCUT2D eigenvalue weighted by Crippen LogP contribution is -2.32. The highest BCUT2D eigenvalue weighted by molar-refractivity contribution is 5.89. The number of alkyl halides is 3. The molecule has 0 spiro atoms. The van der Waals surface area contributed by atoms with Crippen LogP contribution in [0.2, 0.25) is 0 Å². The lowest BCUT2D eigenvalue weighted by atomic mass is 10.3. The van der Waals surface area contributed by atoms with Crippen LogP contribution in [0.3, 0.4) is 0 Å². The number of halogens is 3. The smallest absolute Gasteiger partial charge is 0.406 e. The molecule has 0 atom stereocenters. The van der Waals surface area contributed by atoms with Gasteiger partial charge in [0.2, 0.25) is 0 Å². The molecule has 2 amide bonds. The number of anilines is 3. The topological polar surface area (TPSA) is 91.4 Å². The predicted molar refractivity (Wildman–Crippen MR) is 107 cm³/mol. The van der Waals surface area contributed by atoms with E-state index in [0.717, 1.165) is 43.9 Å². The molecule has 1 aliphatic heterocycles. The van der Waals surface area contributed by atoms with Crippen LogP contribution in [0.15, 0.2) is 30.3 Å². The van der Waals surface area contributed by atoms with Crippen molar-refractivity contribution in [1.82, 2.24) is 15.3 Å². The van der Waals surface area contributed by atoms with Gasteiger partial charge in [-0.15, -0.1) is 13.2 Å². The Morgan fingerprint density at radius 2 is 1.83 bits per heavy atom. The molecular weight excluding hydrogens is 401 g/mol. The van der Waals surface area contributed by atoms with E-state index in [0.29, 0.717) is 30.4 Å². The van der Waals surface area contributed by atoms with Crippen LogP contribution in [0.5, 0.6) is 5.75 Å². The third-order valence-corrected chi connectivity index (χ3v) is 4.32. The minimum atomic E-state index is -4.75. The Balaban J connectivity index is 1.41. The van der Waals surface area contributed by atoms with Gasteiger partial charge in [-0.3, -0.25) is 0 Å². The first-order valence-electron chi connectivity index (χ1n) is 9.54. The van der Waals surface area contributed by atoms with Crippen LogP contribution in [0.1, 0.15) is 18.7 Å². The Hall–Kier alpha value is -3.24. The van der Waals surface area contributed by atoms with E-state index in [-0.39, 0.29) is 5.75 Å². The lowest BCUT2D eigenvalue weighted by Gasteiger charge is -2.18. The van der Waals surface area contributed by atoms with Crippen molar-refractivity contribution in [2.75, 3.05) is 41.7 Å². The maximum Gasteiger partial charge on any atom is 0.573 e. The summed E-state index contributed by atoms with van der Waals surface area (Å²) < 4.78 is 40.2. The third-order valence-electron chi connectivity index (χ3n) is 4.32. The quantitative estimate of drug-likeness (QED) is 0.589. The van der Waals surface area contributed by atoms with Crippen LogP contribution in [0, 0.1) is 6.92 Å².